The highest BCUT2D eigenvalue weighted by Gasteiger charge is 2.39. The highest BCUT2D eigenvalue weighted by atomic mass is 32.1. The SMILES string of the molecule is CCN1CCN(C(=O)NC(/C(N)=N/[C@H]2Cc3cccc(C(=O)O)c3OB2O)c2cnc(N)s2)C(=O)C1=O. The highest BCUT2D eigenvalue weighted by molar-refractivity contribution is 7.15. The van der Waals surface area contributed by atoms with Crippen LogP contribution in [0.3, 0.4) is 0 Å². The van der Waals surface area contributed by atoms with Gasteiger partial charge in [-0.2, -0.15) is 0 Å². The molecule has 2 aliphatic rings. The molecule has 0 bridgehead atoms. The molecule has 2 aromatic rings. The van der Waals surface area contributed by atoms with E-state index >= 15 is 0 Å². The molecule has 1 aromatic heterocycles. The second kappa shape index (κ2) is 10.4. The van der Waals surface area contributed by atoms with Crippen molar-refractivity contribution in [3.63, 3.8) is 0 Å². The topological polar surface area (TPSA) is 214 Å². The van der Waals surface area contributed by atoms with Crippen LogP contribution >= 0.6 is 11.3 Å². The van der Waals surface area contributed by atoms with Crippen molar-refractivity contribution in [1.29, 1.82) is 0 Å². The summed E-state index contributed by atoms with van der Waals surface area (Å²) in [6.07, 6.45) is 1.49. The summed E-state index contributed by atoms with van der Waals surface area (Å²) in [6, 6.07) is 2.61. The quantitative estimate of drug-likeness (QED) is 0.137. The van der Waals surface area contributed by atoms with E-state index in [-0.39, 0.29) is 41.8 Å². The van der Waals surface area contributed by atoms with Crippen molar-refractivity contribution in [3.8, 4) is 5.75 Å². The number of benzene rings is 1. The van der Waals surface area contributed by atoms with Gasteiger partial charge in [0.2, 0.25) is 0 Å². The number of hydrogen-bond donors (Lipinski definition) is 5. The van der Waals surface area contributed by atoms with E-state index in [0.717, 1.165) is 16.2 Å². The third-order valence-corrected chi connectivity index (χ3v) is 6.86. The molecular weight excluding hydrogens is 505 g/mol. The number of fused-ring (bicyclic) bond motifs is 1. The fourth-order valence-corrected chi connectivity index (χ4v) is 4.80. The van der Waals surface area contributed by atoms with E-state index in [1.54, 1.807) is 19.1 Å². The Morgan fingerprint density at radius 1 is 1.35 bits per heavy atom. The van der Waals surface area contributed by atoms with Gasteiger partial charge in [0.1, 0.15) is 23.6 Å². The normalized spacial score (nSPS) is 18.8. The molecule has 4 amide bonds. The number of carbonyl (C=O) groups excluding carboxylic acids is 3. The Morgan fingerprint density at radius 3 is 2.76 bits per heavy atom. The molecule has 0 saturated carbocycles. The molecule has 1 fully saturated rings. The van der Waals surface area contributed by atoms with Gasteiger partial charge in [0, 0.05) is 25.8 Å². The van der Waals surface area contributed by atoms with Gasteiger partial charge in [-0.25, -0.2) is 14.6 Å². The highest BCUT2D eigenvalue weighted by Crippen LogP contribution is 2.31. The van der Waals surface area contributed by atoms with Gasteiger partial charge in [0.15, 0.2) is 5.13 Å². The van der Waals surface area contributed by atoms with Crippen LogP contribution in [0.15, 0.2) is 29.4 Å². The van der Waals surface area contributed by atoms with Crippen molar-refractivity contribution in [2.24, 2.45) is 10.7 Å². The van der Waals surface area contributed by atoms with Gasteiger partial charge in [0.25, 0.3) is 0 Å². The molecule has 7 N–H and O–H groups in total. The summed E-state index contributed by atoms with van der Waals surface area (Å²) < 4.78 is 5.45. The van der Waals surface area contributed by atoms with Crippen molar-refractivity contribution >= 4 is 53.2 Å². The van der Waals surface area contributed by atoms with Gasteiger partial charge >= 0.3 is 30.9 Å². The van der Waals surface area contributed by atoms with Crippen molar-refractivity contribution in [1.82, 2.24) is 20.1 Å². The summed E-state index contributed by atoms with van der Waals surface area (Å²) >= 11 is 1.03. The average Bonchev–Trinajstić information content (AvgIpc) is 3.29. The largest absolute Gasteiger partial charge is 0.549 e. The number of nitrogens with one attached hydrogen (secondary N) is 1. The maximum atomic E-state index is 13.0. The van der Waals surface area contributed by atoms with Crippen molar-refractivity contribution in [2.45, 2.75) is 25.3 Å². The van der Waals surface area contributed by atoms with Gasteiger partial charge in [-0.1, -0.05) is 23.5 Å². The zero-order valence-corrected chi connectivity index (χ0v) is 20.5. The molecule has 1 aromatic carbocycles. The van der Waals surface area contributed by atoms with Gasteiger partial charge in [-0.05, 0) is 25.0 Å². The number of para-hydroxylation sites is 1. The number of urea groups is 1. The number of aromatic nitrogens is 1. The van der Waals surface area contributed by atoms with E-state index in [1.807, 2.05) is 0 Å². The number of hydrogen-bond acceptors (Lipinski definition) is 10. The number of nitrogens with zero attached hydrogens (tertiary/aromatic N) is 4. The van der Waals surface area contributed by atoms with Crippen LogP contribution in [0.2, 0.25) is 0 Å². The number of imide groups is 1. The van der Waals surface area contributed by atoms with Gasteiger partial charge in [-0.3, -0.25) is 19.5 Å². The number of nitrogen functional groups attached to an aromatic ring is 1. The monoisotopic (exact) mass is 529 g/mol. The molecule has 0 aliphatic carbocycles. The summed E-state index contributed by atoms with van der Waals surface area (Å²) in [5, 5.41) is 22.7. The fourth-order valence-electron chi connectivity index (χ4n) is 4.05. The lowest BCUT2D eigenvalue weighted by molar-refractivity contribution is -0.153. The molecular formula is C21H24BN7O7S. The van der Waals surface area contributed by atoms with Crippen LogP contribution in [0.4, 0.5) is 9.93 Å². The molecule has 14 nitrogen and oxygen atoms in total. The minimum Gasteiger partial charge on any atom is -0.534 e. The first-order valence-corrected chi connectivity index (χ1v) is 12.1. The first-order chi connectivity index (χ1) is 17.6. The second-order valence-corrected chi connectivity index (χ2v) is 9.35. The molecule has 194 valence electrons. The molecule has 1 saturated heterocycles. The number of anilines is 1. The number of aliphatic imine (C=N–C) groups is 1. The Bertz CT molecular complexity index is 1290. The van der Waals surface area contributed by atoms with E-state index < -0.39 is 42.9 Å². The van der Waals surface area contributed by atoms with Crippen LogP contribution in [0.25, 0.3) is 0 Å². The van der Waals surface area contributed by atoms with Crippen molar-refractivity contribution in [2.75, 3.05) is 25.4 Å². The summed E-state index contributed by atoms with van der Waals surface area (Å²) in [7, 11) is -1.52. The van der Waals surface area contributed by atoms with E-state index in [1.165, 1.54) is 17.2 Å². The lowest BCUT2D eigenvalue weighted by Crippen LogP contribution is -2.59. The molecule has 2 aliphatic heterocycles. The van der Waals surface area contributed by atoms with Gasteiger partial charge in [0.05, 0.1) is 10.4 Å². The first-order valence-electron chi connectivity index (χ1n) is 11.3. The summed E-state index contributed by atoms with van der Waals surface area (Å²) in [5.74, 6) is -3.99. The Balaban J connectivity index is 1.59. The molecule has 37 heavy (non-hydrogen) atoms. The number of aromatic carboxylic acids is 1. The van der Waals surface area contributed by atoms with E-state index in [9.17, 15) is 29.3 Å². The number of carboxylic acids is 1. The van der Waals surface area contributed by atoms with Crippen molar-refractivity contribution in [3.05, 3.63) is 40.4 Å². The minimum absolute atomic E-state index is 0.00326. The standard InChI is InChI=1S/C21H24BN7O7S/c1-2-28-6-7-29(18(31)17(28)30)21(34)27-14(12-9-25-20(24)37-12)16(23)26-13-8-10-4-3-5-11(19(32)33)15(10)36-22(13)35/h3-5,9,13-14,35H,2,6-8H2,1H3,(H2,23,26)(H2,24,25)(H,27,34)(H,32,33)/t13-,14?/m0/s1. The summed E-state index contributed by atoms with van der Waals surface area (Å²) in [5.41, 5.74) is 12.4. The van der Waals surface area contributed by atoms with Gasteiger partial charge in [-0.15, -0.1) is 0 Å². The number of thiazole rings is 1. The van der Waals surface area contributed by atoms with Crippen LogP contribution in [-0.4, -0.2) is 87.3 Å². The molecule has 0 spiro atoms. The number of piperazine rings is 1. The van der Waals surface area contributed by atoms with Crippen molar-refractivity contribution < 1.29 is 34.0 Å². The molecule has 16 heteroatoms. The van der Waals surface area contributed by atoms with E-state index in [2.05, 4.69) is 15.3 Å². The maximum absolute atomic E-state index is 13.0. The number of nitrogens with two attached hydrogens (primary N) is 2. The zero-order valence-electron chi connectivity index (χ0n) is 19.7. The van der Waals surface area contributed by atoms with Crippen LogP contribution in [0.5, 0.6) is 5.75 Å². The number of likely N-dealkylation sites (N-methyl/N-ethyl adjacent to an activating group) is 1. The molecule has 0 radical (unpaired) electrons. The van der Waals surface area contributed by atoms with Crippen LogP contribution in [0, 0.1) is 0 Å². The fraction of sp³-hybridized carbons (Fsp3) is 0.333. The number of rotatable bonds is 6. The molecule has 2 atom stereocenters. The van der Waals surface area contributed by atoms with Crippen LogP contribution < -0.4 is 21.4 Å². The van der Waals surface area contributed by atoms with Crippen LogP contribution in [0.1, 0.15) is 33.8 Å². The Labute approximate surface area is 215 Å². The number of carbonyl (C=O) groups is 4. The van der Waals surface area contributed by atoms with Gasteiger partial charge < -0.3 is 36.5 Å². The van der Waals surface area contributed by atoms with E-state index in [4.69, 9.17) is 16.1 Å². The minimum atomic E-state index is -1.52. The predicted molar refractivity (Wildman–Crippen MR) is 133 cm³/mol. The Morgan fingerprint density at radius 2 is 2.11 bits per heavy atom. The lowest BCUT2D eigenvalue weighted by atomic mass is 9.72. The smallest absolute Gasteiger partial charge is 0.534 e. The maximum Gasteiger partial charge on any atom is 0.549 e. The summed E-state index contributed by atoms with van der Waals surface area (Å²) in [4.78, 5) is 60.0. The molecule has 3 heterocycles. The Hall–Kier alpha value is -4.18. The Kier molecular flexibility index (Phi) is 7.31. The number of amidine groups is 1. The number of carboxylic acid groups (broad SMARTS) is 1. The third-order valence-electron chi connectivity index (χ3n) is 5.96. The second-order valence-electron chi connectivity index (χ2n) is 8.26. The number of amides is 4. The first kappa shape index (κ1) is 25.9. The molecule has 4 rings (SSSR count). The average molecular weight is 529 g/mol. The predicted octanol–water partition coefficient (Wildman–Crippen LogP) is -0.754. The third kappa shape index (κ3) is 5.19. The summed E-state index contributed by atoms with van der Waals surface area (Å²) in [6.45, 7) is 2.26. The zero-order chi connectivity index (χ0) is 26.9. The lowest BCUT2D eigenvalue weighted by Gasteiger charge is -2.32. The van der Waals surface area contributed by atoms with E-state index in [0.29, 0.717) is 17.0 Å². The van der Waals surface area contributed by atoms with Crippen LogP contribution in [-0.2, 0) is 16.0 Å². The molecule has 1 unspecified atom stereocenters.